The topological polar surface area (TPSA) is 73.4 Å². The van der Waals surface area contributed by atoms with E-state index in [0.717, 1.165) is 16.9 Å². The molecule has 0 fully saturated rings. The maximum atomic E-state index is 11.4. The minimum atomic E-state index is -0.521. The van der Waals surface area contributed by atoms with E-state index in [0.29, 0.717) is 5.56 Å². The van der Waals surface area contributed by atoms with Crippen LogP contribution in [0.3, 0.4) is 0 Å². The number of carbonyl (C=O) groups excluding carboxylic acids is 1. The molecule has 0 spiro atoms. The normalized spacial score (nSPS) is 15.8. The fourth-order valence-corrected chi connectivity index (χ4v) is 2.71. The highest BCUT2D eigenvalue weighted by Gasteiger charge is 2.22. The molecule has 3 rings (SSSR count). The Hall–Kier alpha value is -2.18. The Morgan fingerprint density at radius 1 is 1.14 bits per heavy atom. The third-order valence-electron chi connectivity index (χ3n) is 3.43. The summed E-state index contributed by atoms with van der Waals surface area (Å²) in [6.07, 6.45) is 2.02. The van der Waals surface area contributed by atoms with E-state index in [1.165, 1.54) is 4.90 Å². The Morgan fingerprint density at radius 2 is 1.86 bits per heavy atom. The van der Waals surface area contributed by atoms with Crippen LogP contribution in [0.25, 0.3) is 0 Å². The monoisotopic (exact) mass is 301 g/mol. The van der Waals surface area contributed by atoms with Gasteiger partial charge >= 0.3 is 0 Å². The number of fused-ring (bicyclic) bond motifs is 1. The first-order chi connectivity index (χ1) is 10.2. The van der Waals surface area contributed by atoms with Gasteiger partial charge in [0.25, 0.3) is 5.91 Å². The number of amides is 1. The number of anilines is 2. The van der Waals surface area contributed by atoms with Gasteiger partial charge in [-0.2, -0.15) is 0 Å². The van der Waals surface area contributed by atoms with Gasteiger partial charge in [-0.05, 0) is 42.2 Å². The van der Waals surface area contributed by atoms with Crippen molar-refractivity contribution in [3.63, 3.8) is 0 Å². The van der Waals surface area contributed by atoms with Gasteiger partial charge in [0.2, 0.25) is 0 Å². The number of hydrogen-bond acceptors (Lipinski definition) is 5. The first kappa shape index (κ1) is 13.8. The lowest BCUT2D eigenvalue weighted by atomic mass is 10.1. The van der Waals surface area contributed by atoms with Gasteiger partial charge in [-0.3, -0.25) is 10.0 Å². The number of carbonyl (C=O) groups is 1. The molecule has 21 heavy (non-hydrogen) atoms. The molecule has 1 amide bonds. The van der Waals surface area contributed by atoms with E-state index in [1.54, 1.807) is 29.4 Å². The summed E-state index contributed by atoms with van der Waals surface area (Å²) < 4.78 is 0. The zero-order valence-corrected chi connectivity index (χ0v) is 12.2. The summed E-state index contributed by atoms with van der Waals surface area (Å²) >= 11 is 1.71. The highest BCUT2D eigenvalue weighted by molar-refractivity contribution is 7.98. The summed E-state index contributed by atoms with van der Waals surface area (Å²) in [6, 6.07) is 13.5. The second-order valence-electron chi connectivity index (χ2n) is 4.70. The predicted molar refractivity (Wildman–Crippen MR) is 83.9 cm³/mol. The molecule has 108 valence electrons. The van der Waals surface area contributed by atoms with Crippen molar-refractivity contribution in [1.82, 2.24) is 5.48 Å². The molecule has 4 N–H and O–H groups in total. The van der Waals surface area contributed by atoms with E-state index >= 15 is 0 Å². The third kappa shape index (κ3) is 2.68. The molecule has 1 aliphatic heterocycles. The van der Waals surface area contributed by atoms with Gasteiger partial charge in [-0.25, -0.2) is 5.48 Å². The molecular weight excluding hydrogens is 286 g/mol. The maximum Gasteiger partial charge on any atom is 0.274 e. The lowest BCUT2D eigenvalue weighted by molar-refractivity contribution is 0.0706. The summed E-state index contributed by atoms with van der Waals surface area (Å²) in [7, 11) is 0. The van der Waals surface area contributed by atoms with E-state index in [9.17, 15) is 4.79 Å². The summed E-state index contributed by atoms with van der Waals surface area (Å²) in [4.78, 5) is 12.6. The number of hydrogen-bond donors (Lipinski definition) is 4. The Labute approximate surface area is 126 Å². The molecular formula is C15H15N3O2S. The Balaban J connectivity index is 1.81. The Kier molecular flexibility index (Phi) is 3.72. The molecule has 0 bridgehead atoms. The van der Waals surface area contributed by atoms with E-state index < -0.39 is 5.91 Å². The fourth-order valence-electron chi connectivity index (χ4n) is 2.31. The van der Waals surface area contributed by atoms with Crippen LogP contribution >= 0.6 is 11.8 Å². The van der Waals surface area contributed by atoms with Crippen molar-refractivity contribution in [3.05, 3.63) is 53.6 Å². The predicted octanol–water partition coefficient (Wildman–Crippen LogP) is 3.06. The molecule has 1 unspecified atom stereocenters. The summed E-state index contributed by atoms with van der Waals surface area (Å²) in [5.41, 5.74) is 4.94. The van der Waals surface area contributed by atoms with Gasteiger partial charge in [-0.15, -0.1) is 11.8 Å². The minimum absolute atomic E-state index is 0.0247. The zero-order valence-electron chi connectivity index (χ0n) is 11.4. The van der Waals surface area contributed by atoms with Gasteiger partial charge in [-0.1, -0.05) is 12.1 Å². The molecule has 0 aromatic heterocycles. The van der Waals surface area contributed by atoms with Crippen molar-refractivity contribution < 1.29 is 10.0 Å². The smallest absolute Gasteiger partial charge is 0.274 e. The van der Waals surface area contributed by atoms with Gasteiger partial charge in [0.05, 0.1) is 11.4 Å². The van der Waals surface area contributed by atoms with Crippen molar-refractivity contribution >= 4 is 29.0 Å². The van der Waals surface area contributed by atoms with Crippen molar-refractivity contribution in [3.8, 4) is 0 Å². The van der Waals surface area contributed by atoms with Crippen LogP contribution in [0.15, 0.2) is 47.4 Å². The quantitative estimate of drug-likeness (QED) is 0.398. The summed E-state index contributed by atoms with van der Waals surface area (Å²) in [5, 5.41) is 15.4. The Bertz CT molecular complexity index is 673. The van der Waals surface area contributed by atoms with Gasteiger partial charge in [0.15, 0.2) is 0 Å². The average molecular weight is 301 g/mol. The molecule has 1 aliphatic rings. The van der Waals surface area contributed by atoms with Crippen molar-refractivity contribution in [1.29, 1.82) is 0 Å². The van der Waals surface area contributed by atoms with Crippen LogP contribution in [0.1, 0.15) is 22.1 Å². The summed E-state index contributed by atoms with van der Waals surface area (Å²) in [5.74, 6) is -0.521. The minimum Gasteiger partial charge on any atom is -0.360 e. The molecule has 2 aromatic rings. The van der Waals surface area contributed by atoms with Crippen LogP contribution < -0.4 is 16.1 Å². The number of thioether (sulfide) groups is 1. The molecule has 6 heteroatoms. The van der Waals surface area contributed by atoms with E-state index in [4.69, 9.17) is 5.21 Å². The molecule has 2 aromatic carbocycles. The molecule has 0 aliphatic carbocycles. The number of hydroxylamine groups is 1. The second kappa shape index (κ2) is 5.67. The van der Waals surface area contributed by atoms with Gasteiger partial charge < -0.3 is 10.6 Å². The number of rotatable bonds is 3. The highest BCUT2D eigenvalue weighted by atomic mass is 32.2. The van der Waals surface area contributed by atoms with Crippen LogP contribution in [-0.4, -0.2) is 17.4 Å². The molecule has 0 saturated heterocycles. The van der Waals surface area contributed by atoms with E-state index in [1.807, 2.05) is 12.3 Å². The van der Waals surface area contributed by atoms with E-state index in [2.05, 4.69) is 34.9 Å². The Morgan fingerprint density at radius 3 is 2.52 bits per heavy atom. The van der Waals surface area contributed by atoms with Crippen molar-refractivity contribution in [2.24, 2.45) is 0 Å². The van der Waals surface area contributed by atoms with Crippen LogP contribution in [0.2, 0.25) is 0 Å². The molecule has 0 radical (unpaired) electrons. The van der Waals surface area contributed by atoms with Gasteiger partial charge in [0, 0.05) is 10.5 Å². The number of benzene rings is 2. The van der Waals surface area contributed by atoms with Crippen LogP contribution in [-0.2, 0) is 0 Å². The van der Waals surface area contributed by atoms with E-state index in [-0.39, 0.29) is 6.17 Å². The van der Waals surface area contributed by atoms with Crippen LogP contribution in [0.5, 0.6) is 0 Å². The maximum absolute atomic E-state index is 11.4. The highest BCUT2D eigenvalue weighted by Crippen LogP contribution is 2.36. The second-order valence-corrected chi connectivity index (χ2v) is 5.58. The first-order valence-corrected chi connectivity index (χ1v) is 7.69. The fraction of sp³-hybridized carbons (Fsp3) is 0.133. The number of nitrogens with one attached hydrogen (secondary N) is 3. The SMILES string of the molecule is CSc1ccc(C2Nc3ccc(C(=O)NO)cc3N2)cc1. The lowest BCUT2D eigenvalue weighted by Gasteiger charge is -2.13. The largest absolute Gasteiger partial charge is 0.360 e. The molecule has 1 atom stereocenters. The first-order valence-electron chi connectivity index (χ1n) is 6.47. The summed E-state index contributed by atoms with van der Waals surface area (Å²) in [6.45, 7) is 0. The van der Waals surface area contributed by atoms with Crippen molar-refractivity contribution in [2.45, 2.75) is 11.1 Å². The lowest BCUT2D eigenvalue weighted by Crippen LogP contribution is -2.18. The molecule has 5 nitrogen and oxygen atoms in total. The third-order valence-corrected chi connectivity index (χ3v) is 4.18. The van der Waals surface area contributed by atoms with Crippen molar-refractivity contribution in [2.75, 3.05) is 16.9 Å². The zero-order chi connectivity index (χ0) is 14.8. The average Bonchev–Trinajstić information content (AvgIpc) is 2.97. The van der Waals surface area contributed by atoms with Crippen LogP contribution in [0.4, 0.5) is 11.4 Å². The standard InChI is InChI=1S/C15H15N3O2S/c1-21-11-5-2-9(3-6-11)14-16-12-7-4-10(15(19)18-20)8-13(12)17-14/h2-8,14,16-17,20H,1H3,(H,18,19). The van der Waals surface area contributed by atoms with Crippen LogP contribution in [0, 0.1) is 0 Å². The van der Waals surface area contributed by atoms with Gasteiger partial charge in [0.1, 0.15) is 6.17 Å². The molecule has 0 saturated carbocycles. The molecule has 1 heterocycles.